The second kappa shape index (κ2) is 5.63. The van der Waals surface area contributed by atoms with Crippen LogP contribution in [0, 0.1) is 0 Å². The fraction of sp³-hybridized carbons (Fsp3) is 0.846. The van der Waals surface area contributed by atoms with Gasteiger partial charge in [-0.2, -0.15) is 0 Å². The van der Waals surface area contributed by atoms with Gasteiger partial charge >= 0.3 is 0 Å². The standard InChI is InChI=1S/C13H22N2O2/c1-2-11(15-8-4-6-13(15)17)12(16)5-3-7-14-9-10-14/h11H,2-10H2,1H3. The lowest BCUT2D eigenvalue weighted by Gasteiger charge is -2.25. The van der Waals surface area contributed by atoms with Crippen LogP contribution in [-0.2, 0) is 9.59 Å². The Morgan fingerprint density at radius 2 is 2.12 bits per heavy atom. The Kier molecular flexibility index (Phi) is 4.15. The van der Waals surface area contributed by atoms with Gasteiger partial charge in [-0.05, 0) is 25.8 Å². The van der Waals surface area contributed by atoms with Crippen LogP contribution in [0.3, 0.4) is 0 Å². The number of Topliss-reactive ketones (excluding diaryl/α,β-unsaturated/α-hetero) is 1. The summed E-state index contributed by atoms with van der Waals surface area (Å²) >= 11 is 0. The number of rotatable bonds is 7. The fourth-order valence-electron chi connectivity index (χ4n) is 2.56. The first kappa shape index (κ1) is 12.6. The highest BCUT2D eigenvalue weighted by Gasteiger charge is 2.31. The number of carbonyl (C=O) groups excluding carboxylic acids is 2. The van der Waals surface area contributed by atoms with E-state index in [0.29, 0.717) is 12.8 Å². The van der Waals surface area contributed by atoms with Gasteiger partial charge in [0.2, 0.25) is 5.91 Å². The molecule has 0 bridgehead atoms. The lowest BCUT2D eigenvalue weighted by molar-refractivity contribution is -0.136. The SMILES string of the molecule is CCC(C(=O)CCCN1CC1)N1CCCC1=O. The van der Waals surface area contributed by atoms with Crippen LogP contribution >= 0.6 is 0 Å². The molecule has 4 nitrogen and oxygen atoms in total. The zero-order chi connectivity index (χ0) is 12.3. The summed E-state index contributed by atoms with van der Waals surface area (Å²) in [6, 6.07) is -0.154. The number of nitrogens with zero attached hydrogens (tertiary/aromatic N) is 2. The lowest BCUT2D eigenvalue weighted by atomic mass is 10.0. The van der Waals surface area contributed by atoms with Crippen molar-refractivity contribution in [1.82, 2.24) is 9.80 Å². The Morgan fingerprint density at radius 3 is 2.65 bits per heavy atom. The quantitative estimate of drug-likeness (QED) is 0.623. The first-order chi connectivity index (χ1) is 8.22. The number of hydrogen-bond donors (Lipinski definition) is 0. The molecule has 0 aromatic carbocycles. The predicted molar refractivity (Wildman–Crippen MR) is 65.7 cm³/mol. The minimum atomic E-state index is -0.154. The van der Waals surface area contributed by atoms with Gasteiger partial charge in [-0.25, -0.2) is 0 Å². The third-order valence-corrected chi connectivity index (χ3v) is 3.68. The van der Waals surface area contributed by atoms with Crippen molar-refractivity contribution in [2.24, 2.45) is 0 Å². The summed E-state index contributed by atoms with van der Waals surface area (Å²) in [5, 5.41) is 0. The van der Waals surface area contributed by atoms with Crippen molar-refractivity contribution in [3.05, 3.63) is 0 Å². The monoisotopic (exact) mass is 238 g/mol. The molecular formula is C13H22N2O2. The third kappa shape index (κ3) is 3.28. The van der Waals surface area contributed by atoms with Crippen molar-refractivity contribution >= 4 is 11.7 Å². The first-order valence-electron chi connectivity index (χ1n) is 6.77. The van der Waals surface area contributed by atoms with E-state index in [1.165, 1.54) is 13.1 Å². The minimum Gasteiger partial charge on any atom is -0.333 e. The molecule has 0 aromatic rings. The lowest BCUT2D eigenvalue weighted by Crippen LogP contribution is -2.41. The summed E-state index contributed by atoms with van der Waals surface area (Å²) in [6.07, 6.45) is 3.86. The molecule has 2 aliphatic rings. The Labute approximate surface area is 103 Å². The van der Waals surface area contributed by atoms with E-state index in [1.807, 2.05) is 6.92 Å². The van der Waals surface area contributed by atoms with Crippen LogP contribution in [0.5, 0.6) is 0 Å². The van der Waals surface area contributed by atoms with Crippen molar-refractivity contribution in [1.29, 1.82) is 0 Å². The summed E-state index contributed by atoms with van der Waals surface area (Å²) < 4.78 is 0. The van der Waals surface area contributed by atoms with Gasteiger partial charge in [0, 0.05) is 32.5 Å². The van der Waals surface area contributed by atoms with E-state index in [9.17, 15) is 9.59 Å². The maximum atomic E-state index is 12.1. The molecule has 0 radical (unpaired) electrons. The number of likely N-dealkylation sites (tertiary alicyclic amines) is 1. The van der Waals surface area contributed by atoms with E-state index in [1.54, 1.807) is 4.90 Å². The average molecular weight is 238 g/mol. The van der Waals surface area contributed by atoms with Crippen molar-refractivity contribution < 1.29 is 9.59 Å². The van der Waals surface area contributed by atoms with Gasteiger partial charge in [0.1, 0.15) is 0 Å². The molecule has 2 rings (SSSR count). The minimum absolute atomic E-state index is 0.154. The maximum Gasteiger partial charge on any atom is 0.223 e. The molecule has 2 fully saturated rings. The highest BCUT2D eigenvalue weighted by Crippen LogP contribution is 2.18. The molecular weight excluding hydrogens is 216 g/mol. The second-order valence-corrected chi connectivity index (χ2v) is 5.03. The van der Waals surface area contributed by atoms with Crippen molar-refractivity contribution in [3.8, 4) is 0 Å². The molecule has 0 aliphatic carbocycles. The topological polar surface area (TPSA) is 40.4 Å². The molecule has 1 atom stereocenters. The van der Waals surface area contributed by atoms with Crippen LogP contribution in [0.25, 0.3) is 0 Å². The summed E-state index contributed by atoms with van der Waals surface area (Å²) in [5.41, 5.74) is 0. The number of hydrogen-bond acceptors (Lipinski definition) is 3. The molecule has 2 aliphatic heterocycles. The van der Waals surface area contributed by atoms with Gasteiger partial charge in [0.05, 0.1) is 6.04 Å². The number of amides is 1. The van der Waals surface area contributed by atoms with Crippen LogP contribution in [0.4, 0.5) is 0 Å². The van der Waals surface area contributed by atoms with Crippen molar-refractivity contribution in [2.75, 3.05) is 26.2 Å². The summed E-state index contributed by atoms with van der Waals surface area (Å²) in [5.74, 6) is 0.417. The molecule has 0 N–H and O–H groups in total. The third-order valence-electron chi connectivity index (χ3n) is 3.68. The van der Waals surface area contributed by atoms with E-state index < -0.39 is 0 Å². The smallest absolute Gasteiger partial charge is 0.223 e. The van der Waals surface area contributed by atoms with Gasteiger partial charge < -0.3 is 9.80 Å². The molecule has 4 heteroatoms. The fourth-order valence-corrected chi connectivity index (χ4v) is 2.56. The summed E-state index contributed by atoms with van der Waals surface area (Å²) in [7, 11) is 0. The molecule has 96 valence electrons. The molecule has 17 heavy (non-hydrogen) atoms. The molecule has 0 spiro atoms. The van der Waals surface area contributed by atoms with Crippen LogP contribution in [-0.4, -0.2) is 53.7 Å². The highest BCUT2D eigenvalue weighted by molar-refractivity contribution is 5.89. The van der Waals surface area contributed by atoms with Gasteiger partial charge in [-0.3, -0.25) is 9.59 Å². The van der Waals surface area contributed by atoms with E-state index in [-0.39, 0.29) is 17.7 Å². The number of ketones is 1. The molecule has 1 amide bonds. The van der Waals surface area contributed by atoms with Gasteiger partial charge in [0.15, 0.2) is 5.78 Å². The summed E-state index contributed by atoms with van der Waals surface area (Å²) in [6.45, 7) is 6.19. The first-order valence-corrected chi connectivity index (χ1v) is 6.77. The average Bonchev–Trinajstić information content (AvgIpc) is 3.04. The molecule has 0 aromatic heterocycles. The Morgan fingerprint density at radius 1 is 1.35 bits per heavy atom. The molecule has 1 unspecified atom stereocenters. The normalized spacial score (nSPS) is 21.9. The maximum absolute atomic E-state index is 12.1. The van der Waals surface area contributed by atoms with Crippen molar-refractivity contribution in [2.45, 2.75) is 45.1 Å². The predicted octanol–water partition coefficient (Wildman–Crippen LogP) is 1.05. The van der Waals surface area contributed by atoms with E-state index in [0.717, 1.165) is 32.4 Å². The van der Waals surface area contributed by atoms with E-state index in [4.69, 9.17) is 0 Å². The molecule has 2 saturated heterocycles. The van der Waals surface area contributed by atoms with E-state index >= 15 is 0 Å². The number of carbonyl (C=O) groups is 2. The summed E-state index contributed by atoms with van der Waals surface area (Å²) in [4.78, 5) is 27.9. The van der Waals surface area contributed by atoms with E-state index in [2.05, 4.69) is 4.90 Å². The molecule has 2 heterocycles. The molecule has 0 saturated carbocycles. The van der Waals surface area contributed by atoms with Crippen LogP contribution in [0.15, 0.2) is 0 Å². The Balaban J connectivity index is 1.78. The van der Waals surface area contributed by atoms with Crippen LogP contribution in [0.1, 0.15) is 39.0 Å². The van der Waals surface area contributed by atoms with Crippen LogP contribution in [0.2, 0.25) is 0 Å². The zero-order valence-corrected chi connectivity index (χ0v) is 10.7. The van der Waals surface area contributed by atoms with Gasteiger partial charge in [0.25, 0.3) is 0 Å². The zero-order valence-electron chi connectivity index (χ0n) is 10.7. The Hall–Kier alpha value is -0.900. The Bertz CT molecular complexity index is 300. The highest BCUT2D eigenvalue weighted by atomic mass is 16.2. The van der Waals surface area contributed by atoms with Gasteiger partial charge in [-0.15, -0.1) is 0 Å². The van der Waals surface area contributed by atoms with Crippen molar-refractivity contribution in [3.63, 3.8) is 0 Å². The van der Waals surface area contributed by atoms with Gasteiger partial charge in [-0.1, -0.05) is 6.92 Å². The van der Waals surface area contributed by atoms with Crippen LogP contribution < -0.4 is 0 Å². The second-order valence-electron chi connectivity index (χ2n) is 5.03. The largest absolute Gasteiger partial charge is 0.333 e.